The summed E-state index contributed by atoms with van der Waals surface area (Å²) in [7, 11) is -1.72. The molecule has 0 unspecified atom stereocenters. The van der Waals surface area contributed by atoms with Crippen molar-refractivity contribution in [3.8, 4) is 0 Å². The summed E-state index contributed by atoms with van der Waals surface area (Å²) < 4.78 is 26.9. The van der Waals surface area contributed by atoms with Crippen molar-refractivity contribution in [1.82, 2.24) is 15.4 Å². The van der Waals surface area contributed by atoms with Gasteiger partial charge < -0.3 is 10.6 Å². The average molecular weight is 327 g/mol. The van der Waals surface area contributed by atoms with Gasteiger partial charge in [0.25, 0.3) is 5.91 Å². The second-order valence-corrected chi connectivity index (χ2v) is 7.78. The van der Waals surface area contributed by atoms with Crippen LogP contribution in [0.5, 0.6) is 0 Å². The van der Waals surface area contributed by atoms with E-state index in [1.165, 1.54) is 24.3 Å². The zero-order valence-electron chi connectivity index (χ0n) is 13.6. The molecule has 0 aliphatic carbocycles. The third-order valence-corrected chi connectivity index (χ3v) is 4.53. The standard InChI is InChI=1S/C15H25N3O3S/c1-15(2,3)18-22(20,21)13-8-6-12(7-9-13)14(19)17-11-5-10-16-4/h6-9,16,18H,5,10-11H2,1-4H3,(H,17,19). The summed E-state index contributed by atoms with van der Waals surface area (Å²) in [6, 6.07) is 5.92. The zero-order valence-corrected chi connectivity index (χ0v) is 14.4. The largest absolute Gasteiger partial charge is 0.352 e. The fourth-order valence-corrected chi connectivity index (χ4v) is 3.24. The first-order valence-corrected chi connectivity index (χ1v) is 8.71. The van der Waals surface area contributed by atoms with Crippen LogP contribution in [0.3, 0.4) is 0 Å². The molecule has 1 aromatic carbocycles. The molecule has 124 valence electrons. The van der Waals surface area contributed by atoms with E-state index in [9.17, 15) is 13.2 Å². The van der Waals surface area contributed by atoms with Crippen LogP contribution in [0.1, 0.15) is 37.6 Å². The summed E-state index contributed by atoms with van der Waals surface area (Å²) in [6.07, 6.45) is 0.838. The second kappa shape index (κ2) is 7.71. The molecular weight excluding hydrogens is 302 g/mol. The Morgan fingerprint density at radius 3 is 2.18 bits per heavy atom. The van der Waals surface area contributed by atoms with Crippen molar-refractivity contribution in [2.45, 2.75) is 37.6 Å². The van der Waals surface area contributed by atoms with E-state index in [1.807, 2.05) is 7.05 Å². The third kappa shape index (κ3) is 6.13. The molecule has 0 aromatic heterocycles. The molecule has 0 heterocycles. The van der Waals surface area contributed by atoms with Gasteiger partial charge in [-0.2, -0.15) is 0 Å². The van der Waals surface area contributed by atoms with Crippen LogP contribution < -0.4 is 15.4 Å². The predicted octanol–water partition coefficient (Wildman–Crippen LogP) is 1.10. The fourth-order valence-electron chi connectivity index (χ4n) is 1.82. The maximum absolute atomic E-state index is 12.2. The first-order valence-electron chi connectivity index (χ1n) is 7.22. The summed E-state index contributed by atoms with van der Waals surface area (Å²) in [6.45, 7) is 6.73. The molecule has 7 heteroatoms. The molecule has 0 fully saturated rings. The van der Waals surface area contributed by atoms with E-state index < -0.39 is 15.6 Å². The first kappa shape index (κ1) is 18.6. The Bertz CT molecular complexity index is 589. The zero-order chi connectivity index (χ0) is 16.8. The number of carbonyl (C=O) groups excluding carboxylic acids is 1. The van der Waals surface area contributed by atoms with Gasteiger partial charge >= 0.3 is 0 Å². The van der Waals surface area contributed by atoms with Gasteiger partial charge in [-0.25, -0.2) is 13.1 Å². The number of hydrogen-bond donors (Lipinski definition) is 3. The van der Waals surface area contributed by atoms with Crippen LogP contribution in [0.4, 0.5) is 0 Å². The number of benzene rings is 1. The molecule has 1 amide bonds. The summed E-state index contributed by atoms with van der Waals surface area (Å²) in [5, 5.41) is 5.79. The Morgan fingerprint density at radius 2 is 1.68 bits per heavy atom. The van der Waals surface area contributed by atoms with Crippen LogP contribution in [0, 0.1) is 0 Å². The van der Waals surface area contributed by atoms with Crippen molar-refractivity contribution in [3.05, 3.63) is 29.8 Å². The van der Waals surface area contributed by atoms with E-state index in [0.29, 0.717) is 12.1 Å². The Kier molecular flexibility index (Phi) is 6.52. The lowest BCUT2D eigenvalue weighted by Crippen LogP contribution is -2.40. The van der Waals surface area contributed by atoms with Crippen molar-refractivity contribution >= 4 is 15.9 Å². The highest BCUT2D eigenvalue weighted by Gasteiger charge is 2.22. The molecule has 0 aliphatic heterocycles. The maximum Gasteiger partial charge on any atom is 0.251 e. The van der Waals surface area contributed by atoms with Crippen LogP contribution >= 0.6 is 0 Å². The van der Waals surface area contributed by atoms with Gasteiger partial charge in [0.15, 0.2) is 0 Å². The van der Waals surface area contributed by atoms with E-state index >= 15 is 0 Å². The molecule has 0 saturated carbocycles. The van der Waals surface area contributed by atoms with E-state index in [4.69, 9.17) is 0 Å². The SMILES string of the molecule is CNCCCNC(=O)c1ccc(S(=O)(=O)NC(C)(C)C)cc1. The van der Waals surface area contributed by atoms with Gasteiger partial charge in [-0.15, -0.1) is 0 Å². The molecule has 1 aromatic rings. The van der Waals surface area contributed by atoms with Crippen LogP contribution in [0.25, 0.3) is 0 Å². The predicted molar refractivity (Wildman–Crippen MR) is 87.4 cm³/mol. The summed E-state index contributed by atoms with van der Waals surface area (Å²) in [4.78, 5) is 12.0. The van der Waals surface area contributed by atoms with E-state index in [-0.39, 0.29) is 10.8 Å². The highest BCUT2D eigenvalue weighted by Crippen LogP contribution is 2.13. The number of rotatable bonds is 7. The summed E-state index contributed by atoms with van der Waals surface area (Å²) >= 11 is 0. The highest BCUT2D eigenvalue weighted by atomic mass is 32.2. The molecule has 22 heavy (non-hydrogen) atoms. The Labute approximate surface area is 132 Å². The molecule has 0 atom stereocenters. The van der Waals surface area contributed by atoms with Crippen LogP contribution in [0.2, 0.25) is 0 Å². The molecular formula is C15H25N3O3S. The van der Waals surface area contributed by atoms with Crippen molar-refractivity contribution in [3.63, 3.8) is 0 Å². The molecule has 1 rings (SSSR count). The van der Waals surface area contributed by atoms with Gasteiger partial charge in [-0.05, 0) is 65.0 Å². The number of carbonyl (C=O) groups is 1. The van der Waals surface area contributed by atoms with Gasteiger partial charge in [0.1, 0.15) is 0 Å². The van der Waals surface area contributed by atoms with Gasteiger partial charge in [0, 0.05) is 17.6 Å². The van der Waals surface area contributed by atoms with E-state index in [0.717, 1.165) is 13.0 Å². The maximum atomic E-state index is 12.2. The number of amides is 1. The van der Waals surface area contributed by atoms with Crippen molar-refractivity contribution in [1.29, 1.82) is 0 Å². The lowest BCUT2D eigenvalue weighted by molar-refractivity contribution is 0.0953. The average Bonchev–Trinajstić information content (AvgIpc) is 2.41. The van der Waals surface area contributed by atoms with E-state index in [2.05, 4.69) is 15.4 Å². The topological polar surface area (TPSA) is 87.3 Å². The number of hydrogen-bond acceptors (Lipinski definition) is 4. The third-order valence-electron chi connectivity index (χ3n) is 2.76. The Morgan fingerprint density at radius 1 is 1.09 bits per heavy atom. The van der Waals surface area contributed by atoms with Gasteiger partial charge in [-0.3, -0.25) is 4.79 Å². The Balaban J connectivity index is 2.72. The summed E-state index contributed by atoms with van der Waals surface area (Å²) in [5.74, 6) is -0.205. The second-order valence-electron chi connectivity index (χ2n) is 6.09. The highest BCUT2D eigenvalue weighted by molar-refractivity contribution is 7.89. The number of nitrogens with one attached hydrogen (secondary N) is 3. The lowest BCUT2D eigenvalue weighted by Gasteiger charge is -2.20. The molecule has 0 bridgehead atoms. The Hall–Kier alpha value is -1.44. The summed E-state index contributed by atoms with van der Waals surface area (Å²) in [5.41, 5.74) is -0.110. The quantitative estimate of drug-likeness (QED) is 0.655. The fraction of sp³-hybridized carbons (Fsp3) is 0.533. The minimum Gasteiger partial charge on any atom is -0.352 e. The van der Waals surface area contributed by atoms with Gasteiger partial charge in [0.2, 0.25) is 10.0 Å². The van der Waals surface area contributed by atoms with Crippen molar-refractivity contribution < 1.29 is 13.2 Å². The van der Waals surface area contributed by atoms with Crippen molar-refractivity contribution in [2.24, 2.45) is 0 Å². The van der Waals surface area contributed by atoms with Crippen LogP contribution in [-0.4, -0.2) is 40.0 Å². The van der Waals surface area contributed by atoms with E-state index in [1.54, 1.807) is 20.8 Å². The minimum absolute atomic E-state index is 0.147. The van der Waals surface area contributed by atoms with Gasteiger partial charge in [0.05, 0.1) is 4.90 Å². The lowest BCUT2D eigenvalue weighted by atomic mass is 10.1. The molecule has 6 nitrogen and oxygen atoms in total. The van der Waals surface area contributed by atoms with Crippen LogP contribution in [0.15, 0.2) is 29.2 Å². The molecule has 3 N–H and O–H groups in total. The smallest absolute Gasteiger partial charge is 0.251 e. The van der Waals surface area contributed by atoms with Crippen LogP contribution in [-0.2, 0) is 10.0 Å². The van der Waals surface area contributed by atoms with Gasteiger partial charge in [-0.1, -0.05) is 0 Å². The monoisotopic (exact) mass is 327 g/mol. The molecule has 0 spiro atoms. The first-order chi connectivity index (χ1) is 10.2. The number of sulfonamides is 1. The molecule has 0 aliphatic rings. The normalized spacial score (nSPS) is 12.2. The molecule has 0 radical (unpaired) electrons. The minimum atomic E-state index is -3.57. The van der Waals surface area contributed by atoms with Crippen molar-refractivity contribution in [2.75, 3.05) is 20.1 Å². The molecule has 0 saturated heterocycles.